The molecule has 140 valence electrons. The van der Waals surface area contributed by atoms with Gasteiger partial charge >= 0.3 is 11.9 Å². The van der Waals surface area contributed by atoms with Gasteiger partial charge in [-0.05, 0) is 43.8 Å². The molecule has 1 heterocycles. The summed E-state index contributed by atoms with van der Waals surface area (Å²) in [6.07, 6.45) is 3.50. The third-order valence-corrected chi connectivity index (χ3v) is 4.37. The molecule has 1 aliphatic heterocycles. The van der Waals surface area contributed by atoms with Crippen molar-refractivity contribution in [2.75, 3.05) is 39.5 Å². The minimum Gasteiger partial charge on any atom is -0.462 e. The Labute approximate surface area is 149 Å². The molecule has 0 saturated carbocycles. The second kappa shape index (κ2) is 8.52. The van der Waals surface area contributed by atoms with E-state index >= 15 is 0 Å². The number of rotatable bonds is 5. The summed E-state index contributed by atoms with van der Waals surface area (Å²) in [5, 5.41) is 0. The van der Waals surface area contributed by atoms with Crippen LogP contribution in [0.3, 0.4) is 0 Å². The van der Waals surface area contributed by atoms with E-state index in [1.807, 2.05) is 6.08 Å². The number of hydrogen-bond donors (Lipinski definition) is 0. The first-order chi connectivity index (χ1) is 11.9. The number of ether oxygens (including phenoxy) is 3. The van der Waals surface area contributed by atoms with Crippen LogP contribution in [0.5, 0.6) is 0 Å². The zero-order chi connectivity index (χ0) is 18.4. The van der Waals surface area contributed by atoms with Gasteiger partial charge in [0.25, 0.3) is 0 Å². The molecule has 1 aliphatic carbocycles. The zero-order valence-corrected chi connectivity index (χ0v) is 15.7. The largest absolute Gasteiger partial charge is 0.462 e. The molecule has 0 aromatic carbocycles. The minimum atomic E-state index is -0.605. The predicted molar refractivity (Wildman–Crippen MR) is 93.8 cm³/mol. The molecular weight excluding hydrogens is 322 g/mol. The van der Waals surface area contributed by atoms with Gasteiger partial charge in [-0.3, -0.25) is 0 Å². The molecule has 2 aliphatic rings. The smallest absolute Gasteiger partial charge is 0.345 e. The molecule has 6 heteroatoms. The summed E-state index contributed by atoms with van der Waals surface area (Å²) in [6, 6.07) is 0. The first-order valence-electron chi connectivity index (χ1n) is 8.98. The van der Waals surface area contributed by atoms with E-state index in [2.05, 4.69) is 18.7 Å². The average molecular weight is 351 g/mol. The Balaban J connectivity index is 2.44. The highest BCUT2D eigenvalue weighted by atomic mass is 16.6. The molecule has 0 unspecified atom stereocenters. The van der Waals surface area contributed by atoms with E-state index < -0.39 is 11.9 Å². The number of esters is 2. The minimum absolute atomic E-state index is 0.0298. The van der Waals surface area contributed by atoms with Crippen LogP contribution in [0.15, 0.2) is 22.9 Å². The van der Waals surface area contributed by atoms with Crippen molar-refractivity contribution in [1.29, 1.82) is 0 Å². The van der Waals surface area contributed by atoms with Crippen LogP contribution < -0.4 is 0 Å². The van der Waals surface area contributed by atoms with Crippen LogP contribution in [0.25, 0.3) is 0 Å². The van der Waals surface area contributed by atoms with Gasteiger partial charge < -0.3 is 19.1 Å². The topological polar surface area (TPSA) is 65.1 Å². The Morgan fingerprint density at radius 1 is 1.08 bits per heavy atom. The van der Waals surface area contributed by atoms with Gasteiger partial charge in [-0.15, -0.1) is 0 Å². The van der Waals surface area contributed by atoms with E-state index in [0.717, 1.165) is 25.2 Å². The summed E-state index contributed by atoms with van der Waals surface area (Å²) < 4.78 is 15.7. The molecule has 2 rings (SSSR count). The lowest BCUT2D eigenvalue weighted by molar-refractivity contribution is -0.146. The molecule has 6 nitrogen and oxygen atoms in total. The van der Waals surface area contributed by atoms with Gasteiger partial charge in [0.1, 0.15) is 5.57 Å². The van der Waals surface area contributed by atoms with E-state index in [-0.39, 0.29) is 24.2 Å². The van der Waals surface area contributed by atoms with Crippen molar-refractivity contribution in [2.24, 2.45) is 5.41 Å². The van der Waals surface area contributed by atoms with Gasteiger partial charge in [-0.25, -0.2) is 9.59 Å². The molecule has 0 bridgehead atoms. The van der Waals surface area contributed by atoms with E-state index in [0.29, 0.717) is 25.2 Å². The SMILES string of the molecule is CCOC(=O)C(C(=O)OCC)=C1C=C(N2CCOCC2)CC(C)(C)C1. The van der Waals surface area contributed by atoms with E-state index in [1.54, 1.807) is 13.8 Å². The predicted octanol–water partition coefficient (Wildman–Crippen LogP) is 2.45. The number of morpholine rings is 1. The van der Waals surface area contributed by atoms with Gasteiger partial charge in [-0.2, -0.15) is 0 Å². The Hall–Kier alpha value is -1.82. The molecule has 0 N–H and O–H groups in total. The standard InChI is InChI=1S/C19H29NO5/c1-5-24-17(21)16(18(22)25-6-2)14-11-15(13-19(3,4)12-14)20-7-9-23-10-8-20/h11H,5-10,12-13H2,1-4H3. The Bertz CT molecular complexity index is 550. The second-order valence-electron chi connectivity index (χ2n) is 7.09. The normalized spacial score (nSPS) is 19.9. The molecular formula is C19H29NO5. The van der Waals surface area contributed by atoms with E-state index in [1.165, 1.54) is 0 Å². The summed E-state index contributed by atoms with van der Waals surface area (Å²) >= 11 is 0. The number of allylic oxidation sites excluding steroid dienone is 3. The second-order valence-corrected chi connectivity index (χ2v) is 7.09. The van der Waals surface area contributed by atoms with Gasteiger partial charge in [-0.1, -0.05) is 13.8 Å². The van der Waals surface area contributed by atoms with Crippen molar-refractivity contribution in [3.63, 3.8) is 0 Å². The Morgan fingerprint density at radius 3 is 2.16 bits per heavy atom. The third kappa shape index (κ3) is 5.08. The molecule has 25 heavy (non-hydrogen) atoms. The van der Waals surface area contributed by atoms with Crippen molar-refractivity contribution >= 4 is 11.9 Å². The molecule has 0 aromatic heterocycles. The van der Waals surface area contributed by atoms with Crippen LogP contribution in [-0.2, 0) is 23.8 Å². The number of carbonyl (C=O) groups excluding carboxylic acids is 2. The fourth-order valence-corrected chi connectivity index (χ4v) is 3.34. The molecule has 1 saturated heterocycles. The lowest BCUT2D eigenvalue weighted by Gasteiger charge is -2.39. The van der Waals surface area contributed by atoms with Crippen molar-refractivity contribution in [3.05, 3.63) is 22.9 Å². The van der Waals surface area contributed by atoms with Crippen molar-refractivity contribution < 1.29 is 23.8 Å². The zero-order valence-electron chi connectivity index (χ0n) is 15.7. The summed E-state index contributed by atoms with van der Waals surface area (Å²) in [5.41, 5.74) is 1.82. The highest BCUT2D eigenvalue weighted by molar-refractivity contribution is 6.15. The molecule has 0 amide bonds. The van der Waals surface area contributed by atoms with Crippen LogP contribution in [0.1, 0.15) is 40.5 Å². The third-order valence-electron chi connectivity index (χ3n) is 4.37. The molecule has 0 aromatic rings. The number of hydrogen-bond acceptors (Lipinski definition) is 6. The van der Waals surface area contributed by atoms with Gasteiger partial charge in [0.2, 0.25) is 0 Å². The van der Waals surface area contributed by atoms with E-state index in [4.69, 9.17) is 14.2 Å². The van der Waals surface area contributed by atoms with Gasteiger partial charge in [0.15, 0.2) is 0 Å². The van der Waals surface area contributed by atoms with Gasteiger partial charge in [0, 0.05) is 18.8 Å². The van der Waals surface area contributed by atoms with Crippen molar-refractivity contribution in [3.8, 4) is 0 Å². The Kier molecular flexibility index (Phi) is 6.64. The van der Waals surface area contributed by atoms with Crippen LogP contribution in [-0.4, -0.2) is 56.4 Å². The number of nitrogens with zero attached hydrogens (tertiary/aromatic N) is 1. The maximum Gasteiger partial charge on any atom is 0.345 e. The summed E-state index contributed by atoms with van der Waals surface area (Å²) in [7, 11) is 0. The quantitative estimate of drug-likeness (QED) is 0.328. The van der Waals surface area contributed by atoms with Crippen molar-refractivity contribution in [2.45, 2.75) is 40.5 Å². The lowest BCUT2D eigenvalue weighted by atomic mass is 9.75. The molecule has 1 fully saturated rings. The summed E-state index contributed by atoms with van der Waals surface area (Å²) in [6.45, 7) is 11.2. The van der Waals surface area contributed by atoms with Crippen molar-refractivity contribution in [1.82, 2.24) is 4.90 Å². The van der Waals surface area contributed by atoms with Crippen LogP contribution in [0.4, 0.5) is 0 Å². The maximum atomic E-state index is 12.4. The van der Waals surface area contributed by atoms with Gasteiger partial charge in [0.05, 0.1) is 26.4 Å². The molecule has 0 spiro atoms. The number of carbonyl (C=O) groups is 2. The van der Waals surface area contributed by atoms with Crippen LogP contribution >= 0.6 is 0 Å². The fraction of sp³-hybridized carbons (Fsp3) is 0.684. The highest BCUT2D eigenvalue weighted by Crippen LogP contribution is 2.40. The summed E-state index contributed by atoms with van der Waals surface area (Å²) in [4.78, 5) is 27.1. The monoisotopic (exact) mass is 351 g/mol. The lowest BCUT2D eigenvalue weighted by Crippen LogP contribution is -2.38. The fourth-order valence-electron chi connectivity index (χ4n) is 3.34. The first kappa shape index (κ1) is 19.5. The highest BCUT2D eigenvalue weighted by Gasteiger charge is 2.34. The molecule has 0 radical (unpaired) electrons. The average Bonchev–Trinajstić information content (AvgIpc) is 2.55. The first-order valence-corrected chi connectivity index (χ1v) is 8.98. The molecule has 0 atom stereocenters. The summed E-state index contributed by atoms with van der Waals surface area (Å²) in [5.74, 6) is -1.21. The van der Waals surface area contributed by atoms with Crippen LogP contribution in [0, 0.1) is 5.41 Å². The Morgan fingerprint density at radius 2 is 1.64 bits per heavy atom. The maximum absolute atomic E-state index is 12.4. The van der Waals surface area contributed by atoms with E-state index in [9.17, 15) is 9.59 Å². The van der Waals surface area contributed by atoms with Crippen LogP contribution in [0.2, 0.25) is 0 Å².